The molecule has 108 valence electrons. The number of carbonyl (C=O) groups excluding carboxylic acids is 2. The van der Waals surface area contributed by atoms with E-state index in [1.54, 1.807) is 31.2 Å². The minimum atomic E-state index is -1.44. The lowest BCUT2D eigenvalue weighted by molar-refractivity contribution is -0.149. The van der Waals surface area contributed by atoms with Crippen LogP contribution in [0.4, 0.5) is 0 Å². The molecule has 0 aliphatic heterocycles. The van der Waals surface area contributed by atoms with E-state index in [4.69, 9.17) is 16.3 Å². The molecule has 0 bridgehead atoms. The number of hydrogen-bond donors (Lipinski definition) is 0. The van der Waals surface area contributed by atoms with Crippen molar-refractivity contribution >= 4 is 23.9 Å². The number of methoxy groups -OCH3 is 1. The van der Waals surface area contributed by atoms with Crippen LogP contribution < -0.4 is 0 Å². The molecule has 0 saturated heterocycles. The molecule has 0 fully saturated rings. The van der Waals surface area contributed by atoms with Crippen LogP contribution in [0.5, 0.6) is 0 Å². The molecule has 0 radical (unpaired) electrons. The highest BCUT2D eigenvalue weighted by molar-refractivity contribution is 6.31. The van der Waals surface area contributed by atoms with Crippen LogP contribution in [0.15, 0.2) is 35.4 Å². The summed E-state index contributed by atoms with van der Waals surface area (Å²) in [4.78, 5) is 23.7. The van der Waals surface area contributed by atoms with Gasteiger partial charge in [0.15, 0.2) is 5.41 Å². The van der Waals surface area contributed by atoms with Gasteiger partial charge in [-0.15, -0.1) is 0 Å². The zero-order chi connectivity index (χ0) is 15.6. The zero-order valence-corrected chi connectivity index (χ0v) is 12.5. The van der Waals surface area contributed by atoms with E-state index < -0.39 is 17.3 Å². The van der Waals surface area contributed by atoms with Crippen LogP contribution in [0.1, 0.15) is 24.8 Å². The number of carbonyl (C=O) groups is 2. The number of nitriles is 1. The molecular weight excluding hydrogens is 290 g/mol. The molecule has 4 nitrogen and oxygen atoms in total. The maximum absolute atomic E-state index is 12.2. The van der Waals surface area contributed by atoms with Gasteiger partial charge in [-0.25, -0.2) is 0 Å². The van der Waals surface area contributed by atoms with Crippen molar-refractivity contribution in [3.63, 3.8) is 0 Å². The van der Waals surface area contributed by atoms with Gasteiger partial charge < -0.3 is 4.74 Å². The van der Waals surface area contributed by atoms with Crippen molar-refractivity contribution in [1.82, 2.24) is 0 Å². The molecule has 2 atom stereocenters. The second-order valence-corrected chi connectivity index (χ2v) is 5.47. The van der Waals surface area contributed by atoms with E-state index in [-0.39, 0.29) is 6.42 Å². The Morgan fingerprint density at radius 2 is 2.19 bits per heavy atom. The van der Waals surface area contributed by atoms with Crippen LogP contribution in [-0.4, -0.2) is 19.4 Å². The fourth-order valence-corrected chi connectivity index (χ4v) is 3.21. The first-order valence-electron chi connectivity index (χ1n) is 6.40. The van der Waals surface area contributed by atoms with Crippen LogP contribution in [0.2, 0.25) is 5.02 Å². The molecule has 2 rings (SSSR count). The number of benzene rings is 1. The van der Waals surface area contributed by atoms with Gasteiger partial charge in [0.2, 0.25) is 0 Å². The molecule has 1 aromatic carbocycles. The minimum absolute atomic E-state index is 0.167. The first-order chi connectivity index (χ1) is 10.0. The number of esters is 1. The Hall–Kier alpha value is -2.12. The summed E-state index contributed by atoms with van der Waals surface area (Å²) >= 11 is 6.21. The van der Waals surface area contributed by atoms with Crippen molar-refractivity contribution in [2.45, 2.75) is 19.3 Å². The topological polar surface area (TPSA) is 67.2 Å². The van der Waals surface area contributed by atoms with Gasteiger partial charge in [0, 0.05) is 16.5 Å². The van der Waals surface area contributed by atoms with Crippen molar-refractivity contribution in [3.8, 4) is 6.07 Å². The lowest BCUT2D eigenvalue weighted by atomic mass is 9.72. The molecular formula is C16H14ClNO3. The smallest absolute Gasteiger partial charge is 0.327 e. The zero-order valence-electron chi connectivity index (χ0n) is 11.7. The molecule has 1 aromatic rings. The Bertz CT molecular complexity index is 674. The number of rotatable bonds is 3. The highest BCUT2D eigenvalue weighted by atomic mass is 35.5. The number of hydrogen-bond acceptors (Lipinski definition) is 4. The number of nitrogens with zero attached hydrogens (tertiary/aromatic N) is 1. The van der Waals surface area contributed by atoms with E-state index in [2.05, 4.69) is 6.07 Å². The summed E-state index contributed by atoms with van der Waals surface area (Å²) in [6.07, 6.45) is 0.867. The standard InChI is InChI=1S/C16H14ClNO3/c1-10-7-16(9-18,15(20)21-2)14(12(10)8-19)11-5-3-4-6-13(11)17/h3-6,8,14H,7H2,1-2H3/t14-,16+/m1/s1. The monoisotopic (exact) mass is 303 g/mol. The summed E-state index contributed by atoms with van der Waals surface area (Å²) < 4.78 is 4.81. The highest BCUT2D eigenvalue weighted by Gasteiger charge is 2.54. The van der Waals surface area contributed by atoms with E-state index in [0.717, 1.165) is 0 Å². The SMILES string of the molecule is COC(=O)[C@]1(C#N)CC(C)=C(C=O)[C@H]1c1ccccc1Cl. The molecule has 0 unspecified atom stereocenters. The van der Waals surface area contributed by atoms with Crippen molar-refractivity contribution in [2.24, 2.45) is 5.41 Å². The van der Waals surface area contributed by atoms with Gasteiger partial charge in [-0.3, -0.25) is 9.59 Å². The Kier molecular flexibility index (Phi) is 4.15. The van der Waals surface area contributed by atoms with Crippen molar-refractivity contribution < 1.29 is 14.3 Å². The Morgan fingerprint density at radius 1 is 1.52 bits per heavy atom. The van der Waals surface area contributed by atoms with Gasteiger partial charge in [-0.05, 0) is 25.0 Å². The van der Waals surface area contributed by atoms with E-state index in [0.29, 0.717) is 28.0 Å². The average molecular weight is 304 g/mol. The van der Waals surface area contributed by atoms with E-state index >= 15 is 0 Å². The van der Waals surface area contributed by atoms with Crippen molar-refractivity contribution in [3.05, 3.63) is 46.0 Å². The van der Waals surface area contributed by atoms with E-state index in [1.807, 2.05) is 0 Å². The van der Waals surface area contributed by atoms with Gasteiger partial charge >= 0.3 is 5.97 Å². The third kappa shape index (κ3) is 2.24. The Morgan fingerprint density at radius 3 is 2.71 bits per heavy atom. The van der Waals surface area contributed by atoms with Crippen molar-refractivity contribution in [2.75, 3.05) is 7.11 Å². The number of halogens is 1. The lowest BCUT2D eigenvalue weighted by Gasteiger charge is -2.28. The van der Waals surface area contributed by atoms with Gasteiger partial charge in [-0.2, -0.15) is 5.26 Å². The maximum Gasteiger partial charge on any atom is 0.327 e. The lowest BCUT2D eigenvalue weighted by Crippen LogP contribution is -2.35. The van der Waals surface area contributed by atoms with E-state index in [9.17, 15) is 14.9 Å². The first-order valence-corrected chi connectivity index (χ1v) is 6.78. The van der Waals surface area contributed by atoms with Gasteiger partial charge in [-0.1, -0.05) is 35.4 Å². The second kappa shape index (κ2) is 5.71. The van der Waals surface area contributed by atoms with Gasteiger partial charge in [0.05, 0.1) is 13.2 Å². The third-order valence-electron chi connectivity index (χ3n) is 3.93. The van der Waals surface area contributed by atoms with Gasteiger partial charge in [0.1, 0.15) is 6.29 Å². The molecule has 5 heteroatoms. The van der Waals surface area contributed by atoms with E-state index in [1.165, 1.54) is 7.11 Å². The summed E-state index contributed by atoms with van der Waals surface area (Å²) in [6, 6.07) is 8.98. The van der Waals surface area contributed by atoms with Crippen molar-refractivity contribution in [1.29, 1.82) is 5.26 Å². The summed E-state index contributed by atoms with van der Waals surface area (Å²) in [5.74, 6) is -1.35. The molecule has 21 heavy (non-hydrogen) atoms. The number of aldehydes is 1. The largest absolute Gasteiger partial charge is 0.468 e. The summed E-state index contributed by atoms with van der Waals surface area (Å²) in [6.45, 7) is 1.75. The molecule has 0 spiro atoms. The second-order valence-electron chi connectivity index (χ2n) is 5.06. The maximum atomic E-state index is 12.2. The molecule has 0 N–H and O–H groups in total. The van der Waals surface area contributed by atoms with Crippen LogP contribution in [-0.2, 0) is 14.3 Å². The van der Waals surface area contributed by atoms with Crippen LogP contribution in [0.25, 0.3) is 0 Å². The van der Waals surface area contributed by atoms with Crippen LogP contribution in [0.3, 0.4) is 0 Å². The minimum Gasteiger partial charge on any atom is -0.468 e. The third-order valence-corrected chi connectivity index (χ3v) is 4.28. The molecule has 0 amide bonds. The summed E-state index contributed by atoms with van der Waals surface area (Å²) in [7, 11) is 1.24. The molecule has 0 aromatic heterocycles. The fraction of sp³-hybridized carbons (Fsp3) is 0.312. The van der Waals surface area contributed by atoms with Crippen LogP contribution >= 0.6 is 11.6 Å². The average Bonchev–Trinajstić information content (AvgIpc) is 2.79. The predicted octanol–water partition coefficient (Wildman–Crippen LogP) is 3.03. The predicted molar refractivity (Wildman–Crippen MR) is 77.6 cm³/mol. The Labute approximate surface area is 128 Å². The fourth-order valence-electron chi connectivity index (χ4n) is 2.97. The molecule has 1 aliphatic carbocycles. The molecule has 1 aliphatic rings. The normalized spacial score (nSPS) is 24.6. The quantitative estimate of drug-likeness (QED) is 0.636. The summed E-state index contributed by atoms with van der Waals surface area (Å²) in [5, 5.41) is 10.1. The number of ether oxygens (including phenoxy) is 1. The Balaban J connectivity index is 2.71. The first kappa shape index (κ1) is 15.3. The molecule has 0 saturated carbocycles. The van der Waals surface area contributed by atoms with Crippen LogP contribution in [0, 0.1) is 16.7 Å². The highest BCUT2D eigenvalue weighted by Crippen LogP contribution is 2.53. The number of allylic oxidation sites excluding steroid dienone is 2. The molecule has 0 heterocycles. The van der Waals surface area contributed by atoms with Gasteiger partial charge in [0.25, 0.3) is 0 Å². The summed E-state index contributed by atoms with van der Waals surface area (Å²) in [5.41, 5.74) is 0.280.